The number of carbonyl (C=O) groups excluding carboxylic acids is 2. The number of hydrazone groups is 1. The van der Waals surface area contributed by atoms with Gasteiger partial charge in [-0.1, -0.05) is 0 Å². The number of H-pyrrole nitrogens is 1. The fourth-order valence-electron chi connectivity index (χ4n) is 1.97. The quantitative estimate of drug-likeness (QED) is 0.495. The van der Waals surface area contributed by atoms with Crippen LogP contribution >= 0.6 is 0 Å². The molecule has 116 valence electrons. The summed E-state index contributed by atoms with van der Waals surface area (Å²) in [7, 11) is 0. The molecule has 1 aromatic rings. The van der Waals surface area contributed by atoms with Gasteiger partial charge in [-0.3, -0.25) is 0 Å². The Morgan fingerprint density at radius 2 is 1.81 bits per heavy atom. The SMILES string of the molecule is CCOC(=O)NN=C(C)c1[nH]c(C)c(C(=O)OCC)c1C. The summed E-state index contributed by atoms with van der Waals surface area (Å²) < 4.78 is 9.74. The van der Waals surface area contributed by atoms with Crippen molar-refractivity contribution in [3.63, 3.8) is 0 Å². The minimum absolute atomic E-state index is 0.272. The van der Waals surface area contributed by atoms with Crippen LogP contribution < -0.4 is 5.43 Å². The number of nitrogens with zero attached hydrogens (tertiary/aromatic N) is 1. The van der Waals surface area contributed by atoms with E-state index in [1.165, 1.54) is 0 Å². The highest BCUT2D eigenvalue weighted by molar-refractivity contribution is 6.03. The number of ether oxygens (including phenoxy) is 2. The topological polar surface area (TPSA) is 92.8 Å². The van der Waals surface area contributed by atoms with E-state index >= 15 is 0 Å². The van der Waals surface area contributed by atoms with Crippen molar-refractivity contribution in [2.75, 3.05) is 13.2 Å². The minimum Gasteiger partial charge on any atom is -0.462 e. The molecule has 0 radical (unpaired) electrons. The second-order valence-corrected chi connectivity index (χ2v) is 4.37. The molecule has 0 aliphatic heterocycles. The third-order valence-electron chi connectivity index (χ3n) is 2.87. The van der Waals surface area contributed by atoms with E-state index in [2.05, 4.69) is 15.5 Å². The first-order valence-corrected chi connectivity index (χ1v) is 6.76. The number of hydrogen-bond donors (Lipinski definition) is 2. The second-order valence-electron chi connectivity index (χ2n) is 4.37. The van der Waals surface area contributed by atoms with Gasteiger partial charge in [-0.15, -0.1) is 0 Å². The van der Waals surface area contributed by atoms with Gasteiger partial charge in [0.05, 0.1) is 30.2 Å². The monoisotopic (exact) mass is 295 g/mol. The van der Waals surface area contributed by atoms with Crippen LogP contribution in [-0.4, -0.2) is 36.0 Å². The van der Waals surface area contributed by atoms with E-state index in [0.29, 0.717) is 29.3 Å². The van der Waals surface area contributed by atoms with Crippen LogP contribution in [0.4, 0.5) is 4.79 Å². The zero-order valence-corrected chi connectivity index (χ0v) is 13.0. The average molecular weight is 295 g/mol. The van der Waals surface area contributed by atoms with Crippen LogP contribution in [0.15, 0.2) is 5.10 Å². The van der Waals surface area contributed by atoms with E-state index in [0.717, 1.165) is 5.56 Å². The summed E-state index contributed by atoms with van der Waals surface area (Å²) in [4.78, 5) is 26.2. The van der Waals surface area contributed by atoms with E-state index in [-0.39, 0.29) is 12.6 Å². The number of carbonyl (C=O) groups is 2. The van der Waals surface area contributed by atoms with Crippen molar-refractivity contribution in [2.24, 2.45) is 5.10 Å². The standard InChI is InChI=1S/C14H21N3O4/c1-6-20-13(18)11-8(3)12(15-9(11)4)10(5)16-17-14(19)21-7-2/h15H,6-7H2,1-5H3,(H,17,19). The molecule has 1 heterocycles. The molecule has 0 fully saturated rings. The smallest absolute Gasteiger partial charge is 0.427 e. The molecule has 0 aliphatic carbocycles. The molecule has 0 spiro atoms. The fourth-order valence-corrected chi connectivity index (χ4v) is 1.97. The first-order valence-electron chi connectivity index (χ1n) is 6.76. The van der Waals surface area contributed by atoms with Gasteiger partial charge in [0.25, 0.3) is 0 Å². The molecule has 0 aliphatic rings. The molecule has 0 aromatic carbocycles. The number of aromatic nitrogens is 1. The second kappa shape index (κ2) is 7.47. The first kappa shape index (κ1) is 16.7. The van der Waals surface area contributed by atoms with Crippen LogP contribution in [0.2, 0.25) is 0 Å². The van der Waals surface area contributed by atoms with Crippen LogP contribution in [0, 0.1) is 13.8 Å². The van der Waals surface area contributed by atoms with E-state index in [1.54, 1.807) is 34.6 Å². The van der Waals surface area contributed by atoms with Crippen molar-refractivity contribution < 1.29 is 19.1 Å². The van der Waals surface area contributed by atoms with Crippen molar-refractivity contribution in [3.05, 3.63) is 22.5 Å². The molecule has 0 saturated carbocycles. The number of hydrogen-bond acceptors (Lipinski definition) is 5. The van der Waals surface area contributed by atoms with Crippen LogP contribution in [0.25, 0.3) is 0 Å². The molecular formula is C14H21N3O4. The molecule has 1 rings (SSSR count). The predicted molar refractivity (Wildman–Crippen MR) is 78.6 cm³/mol. The molecule has 0 saturated heterocycles. The largest absolute Gasteiger partial charge is 0.462 e. The van der Waals surface area contributed by atoms with Crippen LogP contribution in [-0.2, 0) is 9.47 Å². The average Bonchev–Trinajstić information content (AvgIpc) is 2.72. The number of amides is 1. The maximum atomic E-state index is 11.9. The van der Waals surface area contributed by atoms with Gasteiger partial charge in [0, 0.05) is 5.69 Å². The maximum absolute atomic E-state index is 11.9. The summed E-state index contributed by atoms with van der Waals surface area (Å²) in [5.41, 5.74) is 5.43. The highest BCUT2D eigenvalue weighted by Gasteiger charge is 2.20. The summed E-state index contributed by atoms with van der Waals surface area (Å²) in [6.45, 7) is 9.36. The van der Waals surface area contributed by atoms with E-state index in [9.17, 15) is 9.59 Å². The Bertz CT molecular complexity index is 561. The Labute approximate surface area is 123 Å². The van der Waals surface area contributed by atoms with Gasteiger partial charge in [0.1, 0.15) is 0 Å². The van der Waals surface area contributed by atoms with Gasteiger partial charge < -0.3 is 14.5 Å². The van der Waals surface area contributed by atoms with Crippen molar-refractivity contribution in [2.45, 2.75) is 34.6 Å². The Kier molecular flexibility index (Phi) is 5.95. The lowest BCUT2D eigenvalue weighted by atomic mass is 10.1. The zero-order valence-electron chi connectivity index (χ0n) is 13.0. The zero-order chi connectivity index (χ0) is 16.0. The highest BCUT2D eigenvalue weighted by Crippen LogP contribution is 2.19. The first-order chi connectivity index (χ1) is 9.92. The predicted octanol–water partition coefficient (Wildman–Crippen LogP) is 2.28. The summed E-state index contributed by atoms with van der Waals surface area (Å²) >= 11 is 0. The van der Waals surface area contributed by atoms with E-state index in [1.807, 2.05) is 0 Å². The van der Waals surface area contributed by atoms with E-state index < -0.39 is 6.09 Å². The molecule has 7 heteroatoms. The van der Waals surface area contributed by atoms with Crippen molar-refractivity contribution >= 4 is 17.8 Å². The molecule has 2 N–H and O–H groups in total. The Morgan fingerprint density at radius 3 is 2.38 bits per heavy atom. The van der Waals surface area contributed by atoms with Crippen molar-refractivity contribution in [1.82, 2.24) is 10.4 Å². The molecule has 1 aromatic heterocycles. The lowest BCUT2D eigenvalue weighted by molar-refractivity contribution is 0.0525. The van der Waals surface area contributed by atoms with Gasteiger partial charge in [-0.2, -0.15) is 5.10 Å². The summed E-state index contributed by atoms with van der Waals surface area (Å²) in [5, 5.41) is 3.94. The molecule has 21 heavy (non-hydrogen) atoms. The van der Waals surface area contributed by atoms with Crippen molar-refractivity contribution in [1.29, 1.82) is 0 Å². The number of rotatable bonds is 5. The Morgan fingerprint density at radius 1 is 1.19 bits per heavy atom. The van der Waals surface area contributed by atoms with Crippen LogP contribution in [0.5, 0.6) is 0 Å². The summed E-state index contributed by atoms with van der Waals surface area (Å²) in [6, 6.07) is 0. The van der Waals surface area contributed by atoms with Crippen LogP contribution in [0.1, 0.15) is 48.1 Å². The number of aryl methyl sites for hydroxylation is 1. The highest BCUT2D eigenvalue weighted by atomic mass is 16.5. The minimum atomic E-state index is -0.622. The number of aromatic amines is 1. The van der Waals surface area contributed by atoms with Gasteiger partial charge in [0.15, 0.2) is 0 Å². The molecule has 0 unspecified atom stereocenters. The Hall–Kier alpha value is -2.31. The third-order valence-corrected chi connectivity index (χ3v) is 2.87. The molecule has 0 atom stereocenters. The van der Waals surface area contributed by atoms with Crippen LogP contribution in [0.3, 0.4) is 0 Å². The van der Waals surface area contributed by atoms with Gasteiger partial charge in [-0.05, 0) is 40.2 Å². The number of esters is 1. The van der Waals surface area contributed by atoms with Crippen molar-refractivity contribution in [3.8, 4) is 0 Å². The van der Waals surface area contributed by atoms with Gasteiger partial charge in [0.2, 0.25) is 0 Å². The fraction of sp³-hybridized carbons (Fsp3) is 0.500. The molecular weight excluding hydrogens is 274 g/mol. The summed E-state index contributed by atoms with van der Waals surface area (Å²) in [6.07, 6.45) is -0.622. The molecule has 1 amide bonds. The van der Waals surface area contributed by atoms with Gasteiger partial charge >= 0.3 is 12.1 Å². The maximum Gasteiger partial charge on any atom is 0.427 e. The molecule has 0 bridgehead atoms. The normalized spacial score (nSPS) is 11.2. The number of nitrogens with one attached hydrogen (secondary N) is 2. The molecule has 7 nitrogen and oxygen atoms in total. The lowest BCUT2D eigenvalue weighted by Gasteiger charge is -2.04. The summed E-state index contributed by atoms with van der Waals surface area (Å²) in [5.74, 6) is -0.374. The third kappa shape index (κ3) is 4.08. The van der Waals surface area contributed by atoms with Gasteiger partial charge in [-0.25, -0.2) is 15.0 Å². The van der Waals surface area contributed by atoms with E-state index in [4.69, 9.17) is 9.47 Å². The lowest BCUT2D eigenvalue weighted by Crippen LogP contribution is -2.20. The Balaban J connectivity index is 2.99.